The average molecular weight is 426 g/mol. The van der Waals surface area contributed by atoms with Gasteiger partial charge in [0.15, 0.2) is 0 Å². The van der Waals surface area contributed by atoms with Gasteiger partial charge in [-0.15, -0.1) is 11.3 Å². The molecule has 0 spiro atoms. The van der Waals surface area contributed by atoms with Crippen LogP contribution in [0, 0.1) is 12.8 Å². The van der Waals surface area contributed by atoms with Gasteiger partial charge in [0, 0.05) is 16.0 Å². The summed E-state index contributed by atoms with van der Waals surface area (Å²) in [5.41, 5.74) is 4.62. The Kier molecular flexibility index (Phi) is 5.93. The Morgan fingerprint density at radius 2 is 2.21 bits per heavy atom. The molecule has 0 saturated heterocycles. The van der Waals surface area contributed by atoms with Gasteiger partial charge in [0.2, 0.25) is 5.91 Å². The molecule has 0 fully saturated rings. The highest BCUT2D eigenvalue weighted by atomic mass is 32.2. The standard InChI is InChI=1S/C23H27N3OS2/c1-5-16-8-6-7-14(3)20(16)26-21(27)15(4)28-22-19-17-10-9-13(2)11-18(17)29-23(19)25-12-24-22/h6-8,12-13,15H,5,9-11H2,1-4H3,(H,26,27)/t13-,15-/m1/s1. The zero-order chi connectivity index (χ0) is 20.5. The number of hydrogen-bond donors (Lipinski definition) is 1. The van der Waals surface area contributed by atoms with Gasteiger partial charge in [-0.05, 0) is 62.1 Å². The number of nitrogens with zero attached hydrogens (tertiary/aromatic N) is 2. The van der Waals surface area contributed by atoms with Crippen LogP contribution >= 0.6 is 23.1 Å². The minimum absolute atomic E-state index is 0.0171. The maximum Gasteiger partial charge on any atom is 0.237 e. The first-order chi connectivity index (χ1) is 14.0. The average Bonchev–Trinajstić information content (AvgIpc) is 3.07. The molecule has 1 N–H and O–H groups in total. The summed E-state index contributed by atoms with van der Waals surface area (Å²) < 4.78 is 0. The van der Waals surface area contributed by atoms with Gasteiger partial charge in [-0.25, -0.2) is 9.97 Å². The molecule has 1 aliphatic rings. The first-order valence-electron chi connectivity index (χ1n) is 10.3. The van der Waals surface area contributed by atoms with Crippen molar-refractivity contribution in [1.29, 1.82) is 0 Å². The number of aryl methyl sites for hydroxylation is 3. The summed E-state index contributed by atoms with van der Waals surface area (Å²) in [6.07, 6.45) is 5.95. The van der Waals surface area contributed by atoms with Crippen molar-refractivity contribution in [2.24, 2.45) is 5.92 Å². The first kappa shape index (κ1) is 20.4. The molecule has 6 heteroatoms. The number of thiophene rings is 1. The fraction of sp³-hybridized carbons (Fsp3) is 0.435. The van der Waals surface area contributed by atoms with Crippen LogP contribution in [0.2, 0.25) is 0 Å². The Balaban J connectivity index is 1.58. The van der Waals surface area contributed by atoms with Gasteiger partial charge in [-0.1, -0.05) is 43.8 Å². The Labute approximate surface area is 180 Å². The van der Waals surface area contributed by atoms with Crippen molar-refractivity contribution in [2.75, 3.05) is 5.32 Å². The van der Waals surface area contributed by atoms with E-state index in [9.17, 15) is 4.79 Å². The van der Waals surface area contributed by atoms with Crippen LogP contribution in [0.5, 0.6) is 0 Å². The molecular formula is C23H27N3OS2. The van der Waals surface area contributed by atoms with Gasteiger partial charge in [-0.3, -0.25) is 4.79 Å². The Bertz CT molecular complexity index is 1060. The molecule has 152 valence electrons. The number of fused-ring (bicyclic) bond motifs is 3. The molecule has 4 nitrogen and oxygen atoms in total. The van der Waals surface area contributed by atoms with E-state index >= 15 is 0 Å². The first-order valence-corrected chi connectivity index (χ1v) is 12.0. The molecular weight excluding hydrogens is 398 g/mol. The molecule has 1 amide bonds. The number of hydrogen-bond acceptors (Lipinski definition) is 5. The molecule has 2 heterocycles. The monoisotopic (exact) mass is 425 g/mol. The van der Waals surface area contributed by atoms with Gasteiger partial charge < -0.3 is 5.32 Å². The summed E-state index contributed by atoms with van der Waals surface area (Å²) in [5.74, 6) is 0.745. The summed E-state index contributed by atoms with van der Waals surface area (Å²) >= 11 is 3.34. The molecule has 0 radical (unpaired) electrons. The van der Waals surface area contributed by atoms with Crippen LogP contribution in [-0.2, 0) is 24.1 Å². The molecule has 1 aliphatic carbocycles. The number of amides is 1. The lowest BCUT2D eigenvalue weighted by molar-refractivity contribution is -0.115. The number of benzene rings is 1. The van der Waals surface area contributed by atoms with Crippen molar-refractivity contribution >= 4 is 44.9 Å². The van der Waals surface area contributed by atoms with E-state index in [0.717, 1.165) is 46.3 Å². The van der Waals surface area contributed by atoms with Crippen molar-refractivity contribution in [3.63, 3.8) is 0 Å². The Morgan fingerprint density at radius 1 is 1.38 bits per heavy atom. The Hall–Kier alpha value is -1.92. The molecule has 2 atom stereocenters. The third-order valence-corrected chi connectivity index (χ3v) is 7.97. The zero-order valence-electron chi connectivity index (χ0n) is 17.4. The fourth-order valence-corrected chi connectivity index (χ4v) is 6.34. The second kappa shape index (κ2) is 8.44. The van der Waals surface area contributed by atoms with E-state index in [1.165, 1.54) is 27.8 Å². The Morgan fingerprint density at radius 3 is 3.00 bits per heavy atom. The number of thioether (sulfide) groups is 1. The second-order valence-electron chi connectivity index (χ2n) is 7.92. The van der Waals surface area contributed by atoms with Crippen LogP contribution in [0.25, 0.3) is 10.2 Å². The summed E-state index contributed by atoms with van der Waals surface area (Å²) in [7, 11) is 0. The summed E-state index contributed by atoms with van der Waals surface area (Å²) in [6, 6.07) is 6.16. The summed E-state index contributed by atoms with van der Waals surface area (Å²) in [6.45, 7) is 8.43. The third-order valence-electron chi connectivity index (χ3n) is 5.70. The van der Waals surface area contributed by atoms with E-state index < -0.39 is 0 Å². The van der Waals surface area contributed by atoms with E-state index in [1.54, 1.807) is 29.4 Å². The highest BCUT2D eigenvalue weighted by Crippen LogP contribution is 2.41. The van der Waals surface area contributed by atoms with Crippen molar-refractivity contribution < 1.29 is 4.79 Å². The molecule has 29 heavy (non-hydrogen) atoms. The van der Waals surface area contributed by atoms with Crippen molar-refractivity contribution in [2.45, 2.75) is 63.7 Å². The number of aromatic nitrogens is 2. The van der Waals surface area contributed by atoms with Crippen molar-refractivity contribution in [3.8, 4) is 0 Å². The van der Waals surface area contributed by atoms with Gasteiger partial charge in [0.1, 0.15) is 16.2 Å². The lowest BCUT2D eigenvalue weighted by Gasteiger charge is -2.19. The van der Waals surface area contributed by atoms with Crippen LogP contribution in [0.3, 0.4) is 0 Å². The van der Waals surface area contributed by atoms with Crippen LogP contribution < -0.4 is 5.32 Å². The lowest BCUT2D eigenvalue weighted by atomic mass is 9.89. The van der Waals surface area contributed by atoms with Crippen LogP contribution in [0.4, 0.5) is 5.69 Å². The molecule has 0 aliphatic heterocycles. The van der Waals surface area contributed by atoms with E-state index in [4.69, 9.17) is 0 Å². The van der Waals surface area contributed by atoms with Crippen LogP contribution in [-0.4, -0.2) is 21.1 Å². The van der Waals surface area contributed by atoms with E-state index in [1.807, 2.05) is 26.0 Å². The maximum absolute atomic E-state index is 13.0. The van der Waals surface area contributed by atoms with Crippen LogP contribution in [0.15, 0.2) is 29.6 Å². The largest absolute Gasteiger partial charge is 0.325 e. The molecule has 3 aromatic rings. The highest BCUT2D eigenvalue weighted by molar-refractivity contribution is 8.00. The SMILES string of the molecule is CCc1cccc(C)c1NC(=O)[C@@H](C)Sc1ncnc2sc3c(c12)CC[C@@H](C)C3. The van der Waals surface area contributed by atoms with Crippen LogP contribution in [0.1, 0.15) is 48.8 Å². The molecule has 0 unspecified atom stereocenters. The minimum atomic E-state index is -0.240. The smallest absolute Gasteiger partial charge is 0.237 e. The highest BCUT2D eigenvalue weighted by Gasteiger charge is 2.25. The fourth-order valence-electron chi connectivity index (χ4n) is 3.98. The second-order valence-corrected chi connectivity index (χ2v) is 10.3. The zero-order valence-corrected chi connectivity index (χ0v) is 19.0. The third kappa shape index (κ3) is 4.05. The topological polar surface area (TPSA) is 54.9 Å². The maximum atomic E-state index is 13.0. The minimum Gasteiger partial charge on any atom is -0.325 e. The van der Waals surface area contributed by atoms with Crippen molar-refractivity contribution in [1.82, 2.24) is 9.97 Å². The molecule has 1 aromatic carbocycles. The van der Waals surface area contributed by atoms with E-state index in [0.29, 0.717) is 0 Å². The molecule has 0 bridgehead atoms. The van der Waals surface area contributed by atoms with Gasteiger partial charge in [-0.2, -0.15) is 0 Å². The van der Waals surface area contributed by atoms with E-state index in [-0.39, 0.29) is 11.2 Å². The number of nitrogens with one attached hydrogen (secondary N) is 1. The number of carbonyl (C=O) groups excluding carboxylic acids is 1. The quantitative estimate of drug-likeness (QED) is 0.414. The van der Waals surface area contributed by atoms with Gasteiger partial charge in [0.25, 0.3) is 0 Å². The number of para-hydroxylation sites is 1. The molecule has 4 rings (SSSR count). The van der Waals surface area contributed by atoms with E-state index in [2.05, 4.69) is 35.2 Å². The molecule has 0 saturated carbocycles. The summed E-state index contributed by atoms with van der Waals surface area (Å²) in [5, 5.41) is 5.03. The lowest BCUT2D eigenvalue weighted by Crippen LogP contribution is -2.23. The predicted octanol–water partition coefficient (Wildman–Crippen LogP) is 5.81. The predicted molar refractivity (Wildman–Crippen MR) is 123 cm³/mol. The van der Waals surface area contributed by atoms with Crippen molar-refractivity contribution in [3.05, 3.63) is 46.1 Å². The summed E-state index contributed by atoms with van der Waals surface area (Å²) in [4.78, 5) is 24.6. The molecule has 2 aromatic heterocycles. The number of rotatable bonds is 5. The van der Waals surface area contributed by atoms with Gasteiger partial charge >= 0.3 is 0 Å². The number of anilines is 1. The normalized spacial score (nSPS) is 17.2. The van der Waals surface area contributed by atoms with Gasteiger partial charge in [0.05, 0.1) is 5.25 Å². The number of carbonyl (C=O) groups is 1.